The highest BCUT2D eigenvalue weighted by molar-refractivity contribution is 6.36. The predicted molar refractivity (Wildman–Crippen MR) is 82.1 cm³/mol. The Labute approximate surface area is 128 Å². The molecule has 0 fully saturated rings. The molecule has 104 valence electrons. The molecule has 0 unspecified atom stereocenters. The van der Waals surface area contributed by atoms with E-state index in [0.29, 0.717) is 33.5 Å². The predicted octanol–water partition coefficient (Wildman–Crippen LogP) is 5.01. The molecule has 0 aliphatic heterocycles. The fourth-order valence-corrected chi connectivity index (χ4v) is 2.18. The molecule has 0 aliphatic rings. The van der Waals surface area contributed by atoms with Crippen LogP contribution in [0, 0.1) is 0 Å². The maximum Gasteiger partial charge on any atom is 0.198 e. The second-order valence-corrected chi connectivity index (χ2v) is 5.14. The maximum absolute atomic E-state index is 12.6. The zero-order valence-electron chi connectivity index (χ0n) is 11.0. The summed E-state index contributed by atoms with van der Waals surface area (Å²) in [6.45, 7) is 2.58. The van der Waals surface area contributed by atoms with Crippen LogP contribution in [-0.2, 0) is 0 Å². The van der Waals surface area contributed by atoms with Crippen molar-refractivity contribution < 1.29 is 9.53 Å². The number of para-hydroxylation sites is 1. The number of rotatable bonds is 5. The van der Waals surface area contributed by atoms with E-state index in [1.807, 2.05) is 13.0 Å². The first-order chi connectivity index (χ1) is 9.63. The highest BCUT2D eigenvalue weighted by atomic mass is 35.5. The van der Waals surface area contributed by atoms with Gasteiger partial charge in [0.1, 0.15) is 5.75 Å². The number of ether oxygens (including phenoxy) is 1. The normalized spacial score (nSPS) is 10.3. The lowest BCUT2D eigenvalue weighted by molar-refractivity contribution is 0.103. The molecule has 0 amide bonds. The molecule has 0 saturated heterocycles. The number of ketones is 1. The van der Waals surface area contributed by atoms with Crippen molar-refractivity contribution in [2.75, 3.05) is 6.61 Å². The Bertz CT molecular complexity index is 624. The van der Waals surface area contributed by atoms with E-state index >= 15 is 0 Å². The molecule has 2 nitrogen and oxygen atoms in total. The molecule has 20 heavy (non-hydrogen) atoms. The quantitative estimate of drug-likeness (QED) is 0.725. The van der Waals surface area contributed by atoms with Crippen molar-refractivity contribution in [2.45, 2.75) is 13.3 Å². The molecule has 4 heteroatoms. The first-order valence-electron chi connectivity index (χ1n) is 6.35. The van der Waals surface area contributed by atoms with Gasteiger partial charge in [0.05, 0.1) is 17.2 Å². The van der Waals surface area contributed by atoms with Crippen molar-refractivity contribution in [3.8, 4) is 5.75 Å². The largest absolute Gasteiger partial charge is 0.493 e. The Morgan fingerprint density at radius 1 is 1.10 bits per heavy atom. The summed E-state index contributed by atoms with van der Waals surface area (Å²) in [6.07, 6.45) is 0.875. The molecular formula is C16H14Cl2O2. The van der Waals surface area contributed by atoms with Gasteiger partial charge < -0.3 is 4.74 Å². The zero-order valence-corrected chi connectivity index (χ0v) is 12.5. The molecule has 0 N–H and O–H groups in total. The third kappa shape index (κ3) is 3.33. The van der Waals surface area contributed by atoms with Crippen LogP contribution in [0.4, 0.5) is 0 Å². The second-order valence-electron chi connectivity index (χ2n) is 4.30. The van der Waals surface area contributed by atoms with Crippen LogP contribution in [0.2, 0.25) is 10.0 Å². The lowest BCUT2D eigenvalue weighted by atomic mass is 10.0. The van der Waals surface area contributed by atoms with Gasteiger partial charge in [-0.2, -0.15) is 0 Å². The smallest absolute Gasteiger partial charge is 0.198 e. The van der Waals surface area contributed by atoms with Gasteiger partial charge in [-0.25, -0.2) is 0 Å². The Balaban J connectivity index is 2.40. The number of hydrogen-bond acceptors (Lipinski definition) is 2. The van der Waals surface area contributed by atoms with Crippen LogP contribution in [-0.4, -0.2) is 12.4 Å². The first kappa shape index (κ1) is 14.9. The van der Waals surface area contributed by atoms with Gasteiger partial charge in [-0.1, -0.05) is 42.3 Å². The van der Waals surface area contributed by atoms with Crippen LogP contribution in [0.25, 0.3) is 0 Å². The van der Waals surface area contributed by atoms with E-state index in [2.05, 4.69) is 0 Å². The summed E-state index contributed by atoms with van der Waals surface area (Å²) in [5, 5.41) is 0.856. The van der Waals surface area contributed by atoms with Crippen LogP contribution < -0.4 is 4.74 Å². The Morgan fingerprint density at radius 2 is 1.85 bits per heavy atom. The SMILES string of the molecule is CCCOc1ccccc1C(=O)c1cc(Cl)ccc1Cl. The van der Waals surface area contributed by atoms with E-state index in [0.717, 1.165) is 6.42 Å². The Hall–Kier alpha value is -1.51. The molecule has 2 rings (SSSR count). The lowest BCUT2D eigenvalue weighted by Gasteiger charge is -2.11. The third-order valence-corrected chi connectivity index (χ3v) is 3.33. The molecule has 0 atom stereocenters. The summed E-state index contributed by atoms with van der Waals surface area (Å²) in [7, 11) is 0. The summed E-state index contributed by atoms with van der Waals surface area (Å²) >= 11 is 12.0. The van der Waals surface area contributed by atoms with E-state index in [1.54, 1.807) is 36.4 Å². The summed E-state index contributed by atoms with van der Waals surface area (Å²) in [5.41, 5.74) is 0.872. The topological polar surface area (TPSA) is 26.3 Å². The molecule has 0 aromatic heterocycles. The number of benzene rings is 2. The van der Waals surface area contributed by atoms with E-state index in [-0.39, 0.29) is 5.78 Å². The van der Waals surface area contributed by atoms with E-state index < -0.39 is 0 Å². The monoisotopic (exact) mass is 308 g/mol. The summed E-state index contributed by atoms with van der Waals surface area (Å²) in [4.78, 5) is 12.6. The highest BCUT2D eigenvalue weighted by Gasteiger charge is 2.17. The standard InChI is InChI=1S/C16H14Cl2O2/c1-2-9-20-15-6-4-3-5-12(15)16(19)13-10-11(17)7-8-14(13)18/h3-8,10H,2,9H2,1H3. The van der Waals surface area contributed by atoms with Crippen molar-refractivity contribution in [1.82, 2.24) is 0 Å². The summed E-state index contributed by atoms with van der Waals surface area (Å²) < 4.78 is 5.60. The van der Waals surface area contributed by atoms with Crippen molar-refractivity contribution in [2.24, 2.45) is 0 Å². The van der Waals surface area contributed by atoms with Gasteiger partial charge in [0.25, 0.3) is 0 Å². The minimum absolute atomic E-state index is 0.191. The van der Waals surface area contributed by atoms with Crippen LogP contribution in [0.3, 0.4) is 0 Å². The maximum atomic E-state index is 12.6. The lowest BCUT2D eigenvalue weighted by Crippen LogP contribution is -2.06. The average Bonchev–Trinajstić information content (AvgIpc) is 2.47. The fourth-order valence-electron chi connectivity index (χ4n) is 1.81. The van der Waals surface area contributed by atoms with Crippen molar-refractivity contribution in [1.29, 1.82) is 0 Å². The van der Waals surface area contributed by atoms with E-state index in [4.69, 9.17) is 27.9 Å². The van der Waals surface area contributed by atoms with Crippen LogP contribution in [0.5, 0.6) is 5.75 Å². The Morgan fingerprint density at radius 3 is 2.60 bits per heavy atom. The number of carbonyl (C=O) groups excluding carboxylic acids is 1. The fraction of sp³-hybridized carbons (Fsp3) is 0.188. The van der Waals surface area contributed by atoms with Gasteiger partial charge in [-0.3, -0.25) is 4.79 Å². The van der Waals surface area contributed by atoms with Gasteiger partial charge in [-0.15, -0.1) is 0 Å². The second kappa shape index (κ2) is 6.78. The minimum Gasteiger partial charge on any atom is -0.493 e. The molecule has 0 spiro atoms. The average molecular weight is 309 g/mol. The van der Waals surface area contributed by atoms with Gasteiger partial charge in [0.2, 0.25) is 0 Å². The summed E-state index contributed by atoms with van der Waals surface area (Å²) in [5.74, 6) is 0.375. The molecular weight excluding hydrogens is 295 g/mol. The third-order valence-electron chi connectivity index (χ3n) is 2.77. The number of hydrogen-bond donors (Lipinski definition) is 0. The summed E-state index contributed by atoms with van der Waals surface area (Å²) in [6, 6.07) is 12.0. The molecule has 0 heterocycles. The highest BCUT2D eigenvalue weighted by Crippen LogP contribution is 2.27. The minimum atomic E-state index is -0.191. The van der Waals surface area contributed by atoms with Crippen molar-refractivity contribution >= 4 is 29.0 Å². The van der Waals surface area contributed by atoms with Gasteiger partial charge in [-0.05, 0) is 36.8 Å². The Kier molecular flexibility index (Phi) is 5.05. The molecule has 2 aromatic carbocycles. The van der Waals surface area contributed by atoms with Crippen LogP contribution >= 0.6 is 23.2 Å². The number of halogens is 2. The molecule has 0 saturated carbocycles. The zero-order chi connectivity index (χ0) is 14.5. The van der Waals surface area contributed by atoms with Gasteiger partial charge in [0, 0.05) is 10.6 Å². The van der Waals surface area contributed by atoms with E-state index in [9.17, 15) is 4.79 Å². The van der Waals surface area contributed by atoms with Crippen LogP contribution in [0.15, 0.2) is 42.5 Å². The molecule has 0 radical (unpaired) electrons. The van der Waals surface area contributed by atoms with Gasteiger partial charge in [0.15, 0.2) is 5.78 Å². The van der Waals surface area contributed by atoms with E-state index in [1.165, 1.54) is 0 Å². The molecule has 0 bridgehead atoms. The first-order valence-corrected chi connectivity index (χ1v) is 7.10. The molecule has 0 aliphatic carbocycles. The molecule has 2 aromatic rings. The van der Waals surface area contributed by atoms with Gasteiger partial charge >= 0.3 is 0 Å². The van der Waals surface area contributed by atoms with Crippen molar-refractivity contribution in [3.05, 3.63) is 63.6 Å². The van der Waals surface area contributed by atoms with Crippen LogP contribution in [0.1, 0.15) is 29.3 Å². The van der Waals surface area contributed by atoms with Crippen molar-refractivity contribution in [3.63, 3.8) is 0 Å². The number of carbonyl (C=O) groups is 1.